The summed E-state index contributed by atoms with van der Waals surface area (Å²) >= 11 is 0. The summed E-state index contributed by atoms with van der Waals surface area (Å²) in [6.07, 6.45) is 34.3. The van der Waals surface area contributed by atoms with E-state index in [9.17, 15) is 20.1 Å². The van der Waals surface area contributed by atoms with E-state index in [1.807, 2.05) is 0 Å². The molecule has 0 aliphatic heterocycles. The largest absolute Gasteiger partial charge is 0.481 e. The highest BCUT2D eigenvalue weighted by Gasteiger charge is 2.17. The third-order valence-electron chi connectivity index (χ3n) is 8.86. The summed E-state index contributed by atoms with van der Waals surface area (Å²) in [5.41, 5.74) is 0. The van der Waals surface area contributed by atoms with Crippen LogP contribution in [0.2, 0.25) is 0 Å². The Hall–Kier alpha value is -0.610. The highest BCUT2D eigenvalue weighted by molar-refractivity contribution is 5.69. The Bertz CT molecular complexity index is 509. The van der Waals surface area contributed by atoms with Crippen LogP contribution in [0.15, 0.2) is 0 Å². The number of aliphatic carboxylic acids is 1. The molecule has 4 heteroatoms. The van der Waals surface area contributed by atoms with Gasteiger partial charge in [-0.3, -0.25) is 4.79 Å². The van der Waals surface area contributed by atoms with E-state index in [1.165, 1.54) is 109 Å². The Balaban J connectivity index is 3.56. The molecule has 240 valence electrons. The maximum Gasteiger partial charge on any atom is 0.306 e. The first-order chi connectivity index (χ1) is 19.5. The van der Waals surface area contributed by atoms with Gasteiger partial charge in [0.15, 0.2) is 0 Å². The molecule has 3 N–H and O–H groups in total. The molecule has 0 saturated heterocycles. The van der Waals surface area contributed by atoms with Crippen molar-refractivity contribution in [2.24, 2.45) is 5.92 Å². The Labute approximate surface area is 250 Å². The summed E-state index contributed by atoms with van der Waals surface area (Å²) in [6, 6.07) is 0. The molecule has 4 nitrogen and oxygen atoms in total. The molecule has 3 unspecified atom stereocenters. The van der Waals surface area contributed by atoms with Crippen molar-refractivity contribution in [2.45, 2.75) is 219 Å². The van der Waals surface area contributed by atoms with Gasteiger partial charge in [-0.15, -0.1) is 0 Å². The topological polar surface area (TPSA) is 77.8 Å². The molecular formula is C36H72O4. The molecule has 0 aromatic rings. The van der Waals surface area contributed by atoms with E-state index >= 15 is 0 Å². The Morgan fingerprint density at radius 1 is 0.400 bits per heavy atom. The lowest BCUT2D eigenvalue weighted by Crippen LogP contribution is -2.25. The SMILES string of the molecule is CCCCCCCCCCCCCCCCC(CCCCCCCCC(O)C(O)CCCCCCCC)C(=O)O. The number of hydrogen-bond donors (Lipinski definition) is 3. The first kappa shape index (κ1) is 39.4. The number of carbonyl (C=O) groups is 1. The van der Waals surface area contributed by atoms with E-state index in [4.69, 9.17) is 0 Å². The number of aliphatic hydroxyl groups is 2. The smallest absolute Gasteiger partial charge is 0.306 e. The average Bonchev–Trinajstić information content (AvgIpc) is 2.94. The highest BCUT2D eigenvalue weighted by atomic mass is 16.4. The number of hydrogen-bond acceptors (Lipinski definition) is 3. The Morgan fingerprint density at radius 3 is 0.875 bits per heavy atom. The number of unbranched alkanes of at least 4 members (excludes halogenated alkanes) is 23. The predicted molar refractivity (Wildman–Crippen MR) is 173 cm³/mol. The monoisotopic (exact) mass is 569 g/mol. The lowest BCUT2D eigenvalue weighted by atomic mass is 9.94. The molecule has 0 heterocycles. The van der Waals surface area contributed by atoms with Crippen molar-refractivity contribution in [1.82, 2.24) is 0 Å². The van der Waals surface area contributed by atoms with Gasteiger partial charge >= 0.3 is 5.97 Å². The van der Waals surface area contributed by atoms with Crippen molar-refractivity contribution < 1.29 is 20.1 Å². The average molecular weight is 569 g/mol. The van der Waals surface area contributed by atoms with Crippen LogP contribution in [-0.2, 0) is 4.79 Å². The van der Waals surface area contributed by atoms with E-state index in [2.05, 4.69) is 13.8 Å². The van der Waals surface area contributed by atoms with Gasteiger partial charge in [-0.05, 0) is 25.7 Å². The lowest BCUT2D eigenvalue weighted by molar-refractivity contribution is -0.142. The first-order valence-corrected chi connectivity index (χ1v) is 18.1. The zero-order valence-corrected chi connectivity index (χ0v) is 27.2. The molecule has 0 spiro atoms. The second-order valence-electron chi connectivity index (χ2n) is 12.8. The molecule has 3 atom stereocenters. The summed E-state index contributed by atoms with van der Waals surface area (Å²) in [4.78, 5) is 11.7. The molecule has 0 bridgehead atoms. The van der Waals surface area contributed by atoms with Crippen LogP contribution < -0.4 is 0 Å². The molecule has 0 amide bonds. The summed E-state index contributed by atoms with van der Waals surface area (Å²) in [7, 11) is 0. The maximum atomic E-state index is 11.7. The third-order valence-corrected chi connectivity index (χ3v) is 8.86. The second kappa shape index (κ2) is 31.3. The van der Waals surface area contributed by atoms with Crippen LogP contribution in [0.25, 0.3) is 0 Å². The summed E-state index contributed by atoms with van der Waals surface area (Å²) < 4.78 is 0. The molecule has 0 aliphatic rings. The van der Waals surface area contributed by atoms with E-state index in [0.717, 1.165) is 77.0 Å². The molecular weight excluding hydrogens is 496 g/mol. The fourth-order valence-electron chi connectivity index (χ4n) is 5.95. The van der Waals surface area contributed by atoms with Gasteiger partial charge in [0.05, 0.1) is 18.1 Å². The standard InChI is InChI=1S/C36H72O4/c1-3-5-7-9-11-12-13-14-15-16-17-18-21-25-29-33(36(39)40)30-26-22-19-20-24-28-32-35(38)34(37)31-27-23-10-8-6-4-2/h33-35,37-38H,3-32H2,1-2H3,(H,39,40). The van der Waals surface area contributed by atoms with Crippen molar-refractivity contribution in [3.05, 3.63) is 0 Å². The van der Waals surface area contributed by atoms with Crippen LogP contribution in [0.4, 0.5) is 0 Å². The molecule has 0 radical (unpaired) electrons. The van der Waals surface area contributed by atoms with Crippen molar-refractivity contribution in [2.75, 3.05) is 0 Å². The predicted octanol–water partition coefficient (Wildman–Crippen LogP) is 11.2. The number of aliphatic hydroxyl groups excluding tert-OH is 2. The number of carboxylic acid groups (broad SMARTS) is 1. The molecule has 0 rings (SSSR count). The molecule has 0 fully saturated rings. The minimum atomic E-state index is -0.608. The normalized spacial score (nSPS) is 13.9. The van der Waals surface area contributed by atoms with Gasteiger partial charge in [-0.1, -0.05) is 181 Å². The molecule has 0 saturated carbocycles. The van der Waals surface area contributed by atoms with Crippen molar-refractivity contribution >= 4 is 5.97 Å². The van der Waals surface area contributed by atoms with E-state index in [0.29, 0.717) is 6.42 Å². The van der Waals surface area contributed by atoms with Gasteiger partial charge < -0.3 is 15.3 Å². The van der Waals surface area contributed by atoms with Crippen LogP contribution in [0.5, 0.6) is 0 Å². The third kappa shape index (κ3) is 27.6. The Kier molecular flexibility index (Phi) is 30.9. The zero-order chi connectivity index (χ0) is 29.5. The zero-order valence-electron chi connectivity index (χ0n) is 27.2. The first-order valence-electron chi connectivity index (χ1n) is 18.1. The molecule has 0 aliphatic carbocycles. The van der Waals surface area contributed by atoms with Crippen molar-refractivity contribution in [3.8, 4) is 0 Å². The van der Waals surface area contributed by atoms with Gasteiger partial charge in [0.25, 0.3) is 0 Å². The minimum Gasteiger partial charge on any atom is -0.481 e. The van der Waals surface area contributed by atoms with Gasteiger partial charge in [0.1, 0.15) is 0 Å². The fraction of sp³-hybridized carbons (Fsp3) is 0.972. The van der Waals surface area contributed by atoms with Gasteiger partial charge in [0.2, 0.25) is 0 Å². The van der Waals surface area contributed by atoms with Gasteiger partial charge in [-0.2, -0.15) is 0 Å². The molecule has 0 aromatic heterocycles. The summed E-state index contributed by atoms with van der Waals surface area (Å²) in [6.45, 7) is 4.49. The summed E-state index contributed by atoms with van der Waals surface area (Å²) in [5.74, 6) is -0.774. The highest BCUT2D eigenvalue weighted by Crippen LogP contribution is 2.21. The Morgan fingerprint density at radius 2 is 0.625 bits per heavy atom. The van der Waals surface area contributed by atoms with Crippen LogP contribution in [0.3, 0.4) is 0 Å². The van der Waals surface area contributed by atoms with Crippen molar-refractivity contribution in [3.63, 3.8) is 0 Å². The van der Waals surface area contributed by atoms with E-state index in [-0.39, 0.29) is 5.92 Å². The lowest BCUT2D eigenvalue weighted by Gasteiger charge is -2.17. The van der Waals surface area contributed by atoms with Gasteiger partial charge in [0, 0.05) is 0 Å². The van der Waals surface area contributed by atoms with Crippen molar-refractivity contribution in [1.29, 1.82) is 0 Å². The quantitative estimate of drug-likeness (QED) is 0.0688. The van der Waals surface area contributed by atoms with Crippen LogP contribution in [-0.4, -0.2) is 33.5 Å². The number of carboxylic acids is 1. The number of rotatable bonds is 33. The van der Waals surface area contributed by atoms with Gasteiger partial charge in [-0.25, -0.2) is 0 Å². The van der Waals surface area contributed by atoms with E-state index in [1.54, 1.807) is 0 Å². The minimum absolute atomic E-state index is 0.166. The summed E-state index contributed by atoms with van der Waals surface area (Å²) in [5, 5.41) is 30.0. The second-order valence-corrected chi connectivity index (χ2v) is 12.8. The molecule has 0 aromatic carbocycles. The van der Waals surface area contributed by atoms with Crippen LogP contribution in [0.1, 0.15) is 206 Å². The maximum absolute atomic E-state index is 11.7. The van der Waals surface area contributed by atoms with E-state index < -0.39 is 18.2 Å². The fourth-order valence-corrected chi connectivity index (χ4v) is 5.95. The molecule has 40 heavy (non-hydrogen) atoms. The van der Waals surface area contributed by atoms with Crippen LogP contribution in [0, 0.1) is 5.92 Å². The van der Waals surface area contributed by atoms with Crippen LogP contribution >= 0.6 is 0 Å².